The predicted octanol–water partition coefficient (Wildman–Crippen LogP) is 3.24. The summed E-state index contributed by atoms with van der Waals surface area (Å²) in [4.78, 5) is 0. The number of rotatable bonds is 4. The molecule has 0 amide bonds. The van der Waals surface area contributed by atoms with E-state index in [2.05, 4.69) is 53.6 Å². The van der Waals surface area contributed by atoms with Gasteiger partial charge in [0.2, 0.25) is 5.13 Å². The highest BCUT2D eigenvalue weighted by Crippen LogP contribution is 2.24. The summed E-state index contributed by atoms with van der Waals surface area (Å²) in [7, 11) is 0. The molecule has 0 aliphatic carbocycles. The number of hydrogen-bond acceptors (Lipinski definition) is 4. The van der Waals surface area contributed by atoms with E-state index >= 15 is 0 Å². The molecule has 0 fully saturated rings. The lowest BCUT2D eigenvalue weighted by Crippen LogP contribution is -2.27. The minimum absolute atomic E-state index is 0.0842. The molecule has 17 heavy (non-hydrogen) atoms. The van der Waals surface area contributed by atoms with E-state index in [9.17, 15) is 0 Å². The lowest BCUT2D eigenvalue weighted by Gasteiger charge is -2.25. The number of nitrogens with zero attached hydrogens (tertiary/aromatic N) is 2. The molecule has 3 nitrogen and oxygen atoms in total. The van der Waals surface area contributed by atoms with Crippen LogP contribution in [-0.2, 0) is 5.41 Å². The Morgan fingerprint density at radius 3 is 2.47 bits per heavy atom. The zero-order valence-electron chi connectivity index (χ0n) is 10.4. The van der Waals surface area contributed by atoms with E-state index in [1.807, 2.05) is 13.0 Å². The summed E-state index contributed by atoms with van der Waals surface area (Å²) in [5.41, 5.74) is 1.41. The van der Waals surface area contributed by atoms with Gasteiger partial charge in [-0.15, -0.1) is 10.2 Å². The quantitative estimate of drug-likeness (QED) is 0.901. The lowest BCUT2D eigenvalue weighted by molar-refractivity contribution is 0.556. The maximum Gasteiger partial charge on any atom is 0.205 e. The van der Waals surface area contributed by atoms with Crippen molar-refractivity contribution in [2.75, 3.05) is 11.9 Å². The number of benzene rings is 1. The molecule has 4 heteroatoms. The molecule has 0 radical (unpaired) electrons. The normalized spacial score (nSPS) is 11.5. The minimum Gasteiger partial charge on any atom is -0.359 e. The summed E-state index contributed by atoms with van der Waals surface area (Å²) in [6.45, 7) is 7.27. The third-order valence-electron chi connectivity index (χ3n) is 2.76. The maximum absolute atomic E-state index is 4.07. The van der Waals surface area contributed by atoms with Gasteiger partial charge in [0.05, 0.1) is 0 Å². The predicted molar refractivity (Wildman–Crippen MR) is 72.6 cm³/mol. The Kier molecular flexibility index (Phi) is 3.43. The standard InChI is InChI=1S/C13H17N3S/c1-10-15-16-12(17-10)14-9-13(2,3)11-7-5-4-6-8-11/h4-8H,9H2,1-3H3,(H,14,16). The largest absolute Gasteiger partial charge is 0.359 e. The minimum atomic E-state index is 0.0842. The first kappa shape index (κ1) is 12.0. The number of aryl methyl sites for hydroxylation is 1. The molecule has 0 aliphatic heterocycles. The number of nitrogens with one attached hydrogen (secondary N) is 1. The Labute approximate surface area is 106 Å². The van der Waals surface area contributed by atoms with Crippen LogP contribution in [0.1, 0.15) is 24.4 Å². The van der Waals surface area contributed by atoms with Gasteiger partial charge in [0.1, 0.15) is 5.01 Å². The van der Waals surface area contributed by atoms with Crippen LogP contribution in [0.3, 0.4) is 0 Å². The van der Waals surface area contributed by atoms with Gasteiger partial charge in [-0.25, -0.2) is 0 Å². The zero-order valence-corrected chi connectivity index (χ0v) is 11.2. The van der Waals surface area contributed by atoms with Gasteiger partial charge in [0.15, 0.2) is 0 Å². The highest BCUT2D eigenvalue weighted by Gasteiger charge is 2.20. The van der Waals surface area contributed by atoms with E-state index in [1.165, 1.54) is 5.56 Å². The third kappa shape index (κ3) is 3.03. The molecule has 0 unspecified atom stereocenters. The van der Waals surface area contributed by atoms with Gasteiger partial charge >= 0.3 is 0 Å². The van der Waals surface area contributed by atoms with Crippen molar-refractivity contribution < 1.29 is 0 Å². The van der Waals surface area contributed by atoms with Gasteiger partial charge in [-0.05, 0) is 12.5 Å². The van der Waals surface area contributed by atoms with Crippen LogP contribution in [0.5, 0.6) is 0 Å². The molecule has 0 aliphatic rings. The summed E-state index contributed by atoms with van der Waals surface area (Å²) in [6, 6.07) is 10.5. The maximum atomic E-state index is 4.07. The number of hydrogen-bond donors (Lipinski definition) is 1. The number of aromatic nitrogens is 2. The lowest BCUT2D eigenvalue weighted by atomic mass is 9.85. The van der Waals surface area contributed by atoms with Crippen LogP contribution in [-0.4, -0.2) is 16.7 Å². The van der Waals surface area contributed by atoms with Crippen molar-refractivity contribution in [1.82, 2.24) is 10.2 Å². The fourth-order valence-electron chi connectivity index (χ4n) is 1.66. The van der Waals surface area contributed by atoms with Crippen molar-refractivity contribution >= 4 is 16.5 Å². The zero-order chi connectivity index (χ0) is 12.3. The monoisotopic (exact) mass is 247 g/mol. The molecular formula is C13H17N3S. The summed E-state index contributed by atoms with van der Waals surface area (Å²) in [5, 5.41) is 13.3. The van der Waals surface area contributed by atoms with E-state index in [-0.39, 0.29) is 5.41 Å². The molecule has 0 spiro atoms. The van der Waals surface area contributed by atoms with Gasteiger partial charge in [-0.1, -0.05) is 55.5 Å². The van der Waals surface area contributed by atoms with Gasteiger partial charge in [-0.3, -0.25) is 0 Å². The van der Waals surface area contributed by atoms with Crippen molar-refractivity contribution in [1.29, 1.82) is 0 Å². The second kappa shape index (κ2) is 4.84. The Hall–Kier alpha value is -1.42. The second-order valence-electron chi connectivity index (χ2n) is 4.73. The van der Waals surface area contributed by atoms with Crippen LogP contribution >= 0.6 is 11.3 Å². The van der Waals surface area contributed by atoms with Crippen LogP contribution in [0.25, 0.3) is 0 Å². The average Bonchev–Trinajstić information content (AvgIpc) is 2.74. The van der Waals surface area contributed by atoms with Crippen LogP contribution in [0, 0.1) is 6.92 Å². The van der Waals surface area contributed by atoms with Gasteiger partial charge in [0, 0.05) is 12.0 Å². The molecule has 1 heterocycles. The molecule has 2 rings (SSSR count). The Morgan fingerprint density at radius 2 is 1.88 bits per heavy atom. The Morgan fingerprint density at radius 1 is 1.18 bits per heavy atom. The SMILES string of the molecule is Cc1nnc(NCC(C)(C)c2ccccc2)s1. The highest BCUT2D eigenvalue weighted by atomic mass is 32.1. The van der Waals surface area contributed by atoms with Crippen molar-refractivity contribution in [2.24, 2.45) is 0 Å². The van der Waals surface area contributed by atoms with E-state index in [1.54, 1.807) is 11.3 Å². The van der Waals surface area contributed by atoms with E-state index < -0.39 is 0 Å². The molecule has 0 saturated heterocycles. The van der Waals surface area contributed by atoms with Crippen LogP contribution in [0.4, 0.5) is 5.13 Å². The van der Waals surface area contributed by atoms with E-state index in [0.717, 1.165) is 16.7 Å². The van der Waals surface area contributed by atoms with Crippen LogP contribution in [0.2, 0.25) is 0 Å². The van der Waals surface area contributed by atoms with Gasteiger partial charge in [-0.2, -0.15) is 0 Å². The first-order valence-corrected chi connectivity index (χ1v) is 6.49. The third-order valence-corrected chi connectivity index (χ3v) is 3.56. The first-order valence-electron chi connectivity index (χ1n) is 5.67. The summed E-state index contributed by atoms with van der Waals surface area (Å²) in [6.07, 6.45) is 0. The van der Waals surface area contributed by atoms with E-state index in [0.29, 0.717) is 0 Å². The Balaban J connectivity index is 2.03. The molecule has 2 aromatic rings. The Bertz CT molecular complexity index is 476. The van der Waals surface area contributed by atoms with Crippen molar-refractivity contribution in [3.63, 3.8) is 0 Å². The first-order chi connectivity index (χ1) is 8.08. The van der Waals surface area contributed by atoms with Crippen LogP contribution in [0.15, 0.2) is 30.3 Å². The highest BCUT2D eigenvalue weighted by molar-refractivity contribution is 7.15. The molecule has 90 valence electrons. The van der Waals surface area contributed by atoms with Gasteiger partial charge < -0.3 is 5.32 Å². The molecule has 0 saturated carbocycles. The molecular weight excluding hydrogens is 230 g/mol. The topological polar surface area (TPSA) is 37.8 Å². The molecule has 1 aromatic heterocycles. The van der Waals surface area contributed by atoms with Crippen molar-refractivity contribution in [3.8, 4) is 0 Å². The van der Waals surface area contributed by atoms with Crippen molar-refractivity contribution in [3.05, 3.63) is 40.9 Å². The number of anilines is 1. The molecule has 1 aromatic carbocycles. The molecule has 0 bridgehead atoms. The molecule has 1 N–H and O–H groups in total. The summed E-state index contributed by atoms with van der Waals surface area (Å²) >= 11 is 1.59. The fraction of sp³-hybridized carbons (Fsp3) is 0.385. The fourth-order valence-corrected chi connectivity index (χ4v) is 2.24. The average molecular weight is 247 g/mol. The van der Waals surface area contributed by atoms with Crippen molar-refractivity contribution in [2.45, 2.75) is 26.2 Å². The smallest absolute Gasteiger partial charge is 0.205 e. The molecule has 0 atom stereocenters. The van der Waals surface area contributed by atoms with E-state index in [4.69, 9.17) is 0 Å². The second-order valence-corrected chi connectivity index (χ2v) is 5.91. The van der Waals surface area contributed by atoms with Gasteiger partial charge in [0.25, 0.3) is 0 Å². The summed E-state index contributed by atoms with van der Waals surface area (Å²) in [5.74, 6) is 0. The van der Waals surface area contributed by atoms with Crippen LogP contribution < -0.4 is 5.32 Å². The summed E-state index contributed by atoms with van der Waals surface area (Å²) < 4.78 is 0.